The van der Waals surface area contributed by atoms with E-state index in [-0.39, 0.29) is 17.9 Å². The zero-order valence-corrected chi connectivity index (χ0v) is 15.6. The number of hydrogen-bond acceptors (Lipinski definition) is 2. The number of carbonyl (C=O) groups excluding carboxylic acids is 2. The van der Waals surface area contributed by atoms with Gasteiger partial charge in [-0.3, -0.25) is 9.59 Å². The fourth-order valence-electron chi connectivity index (χ4n) is 4.21. The molecule has 0 bridgehead atoms. The highest BCUT2D eigenvalue weighted by Crippen LogP contribution is 2.24. The minimum absolute atomic E-state index is 0.122. The number of hydrogen-bond donors (Lipinski definition) is 0. The molecular formula is C23H26N2O2. The van der Waals surface area contributed by atoms with Crippen LogP contribution in [-0.4, -0.2) is 40.7 Å². The molecule has 4 nitrogen and oxygen atoms in total. The van der Waals surface area contributed by atoms with Crippen molar-refractivity contribution in [3.63, 3.8) is 0 Å². The monoisotopic (exact) mass is 362 g/mol. The van der Waals surface area contributed by atoms with E-state index in [0.29, 0.717) is 13.0 Å². The van der Waals surface area contributed by atoms with Gasteiger partial charge in [0.15, 0.2) is 0 Å². The van der Waals surface area contributed by atoms with E-state index < -0.39 is 0 Å². The van der Waals surface area contributed by atoms with Crippen molar-refractivity contribution in [1.82, 2.24) is 9.80 Å². The van der Waals surface area contributed by atoms with Gasteiger partial charge in [-0.15, -0.1) is 0 Å². The van der Waals surface area contributed by atoms with Gasteiger partial charge >= 0.3 is 0 Å². The van der Waals surface area contributed by atoms with Gasteiger partial charge in [-0.1, -0.05) is 42.5 Å². The van der Waals surface area contributed by atoms with Gasteiger partial charge in [0.2, 0.25) is 5.91 Å². The summed E-state index contributed by atoms with van der Waals surface area (Å²) in [4.78, 5) is 28.7. The van der Waals surface area contributed by atoms with Gasteiger partial charge in [-0.2, -0.15) is 0 Å². The smallest absolute Gasteiger partial charge is 0.254 e. The third-order valence-electron chi connectivity index (χ3n) is 5.70. The summed E-state index contributed by atoms with van der Waals surface area (Å²) in [5, 5.41) is 0. The first-order chi connectivity index (χ1) is 13.2. The molecule has 0 N–H and O–H groups in total. The van der Waals surface area contributed by atoms with Crippen LogP contribution < -0.4 is 0 Å². The predicted molar refractivity (Wildman–Crippen MR) is 105 cm³/mol. The summed E-state index contributed by atoms with van der Waals surface area (Å²) in [5.74, 6) is 0.355. The van der Waals surface area contributed by atoms with Crippen LogP contribution in [0.5, 0.6) is 0 Å². The maximum atomic E-state index is 13.0. The first-order valence-electron chi connectivity index (χ1n) is 9.92. The largest absolute Gasteiger partial charge is 0.338 e. The highest BCUT2D eigenvalue weighted by molar-refractivity contribution is 5.94. The summed E-state index contributed by atoms with van der Waals surface area (Å²) in [6.07, 6.45) is 4.66. The van der Waals surface area contributed by atoms with E-state index in [0.717, 1.165) is 49.9 Å². The summed E-state index contributed by atoms with van der Waals surface area (Å²) >= 11 is 0. The first-order valence-corrected chi connectivity index (χ1v) is 9.92. The van der Waals surface area contributed by atoms with Crippen molar-refractivity contribution in [1.29, 1.82) is 0 Å². The normalized spacial score (nSPS) is 19.7. The van der Waals surface area contributed by atoms with E-state index in [9.17, 15) is 9.59 Å². The molecule has 0 aromatic heterocycles. The zero-order valence-electron chi connectivity index (χ0n) is 15.6. The molecule has 0 saturated carbocycles. The third kappa shape index (κ3) is 4.05. The Hall–Kier alpha value is -2.62. The van der Waals surface area contributed by atoms with Gasteiger partial charge in [0.1, 0.15) is 0 Å². The number of benzene rings is 2. The number of rotatable bonds is 5. The minimum atomic E-state index is 0.122. The second kappa shape index (κ2) is 7.95. The number of likely N-dealkylation sites (tertiary alicyclic amines) is 2. The molecule has 4 heteroatoms. The average molecular weight is 362 g/mol. The van der Waals surface area contributed by atoms with Gasteiger partial charge in [-0.25, -0.2) is 0 Å². The Morgan fingerprint density at radius 3 is 2.41 bits per heavy atom. The second-order valence-electron chi connectivity index (χ2n) is 7.60. The van der Waals surface area contributed by atoms with Crippen LogP contribution in [0.15, 0.2) is 54.6 Å². The van der Waals surface area contributed by atoms with Crippen molar-refractivity contribution in [3.8, 4) is 0 Å². The molecule has 1 atom stereocenters. The predicted octanol–water partition coefficient (Wildman–Crippen LogP) is 3.66. The van der Waals surface area contributed by atoms with Crippen LogP contribution >= 0.6 is 0 Å². The maximum Gasteiger partial charge on any atom is 0.254 e. The summed E-state index contributed by atoms with van der Waals surface area (Å²) in [5.41, 5.74) is 3.11. The lowest BCUT2D eigenvalue weighted by Crippen LogP contribution is -2.36. The fraction of sp³-hybridized carbons (Fsp3) is 0.391. The Bertz CT molecular complexity index is 801. The number of amides is 2. The van der Waals surface area contributed by atoms with Crippen molar-refractivity contribution in [3.05, 3.63) is 71.3 Å². The molecule has 2 aromatic carbocycles. The molecule has 0 aliphatic carbocycles. The maximum absolute atomic E-state index is 13.0. The molecule has 0 radical (unpaired) electrons. The van der Waals surface area contributed by atoms with Crippen LogP contribution in [0.4, 0.5) is 0 Å². The molecule has 2 fully saturated rings. The van der Waals surface area contributed by atoms with Crippen LogP contribution in [0.2, 0.25) is 0 Å². The van der Waals surface area contributed by atoms with Crippen molar-refractivity contribution in [2.75, 3.05) is 13.1 Å². The van der Waals surface area contributed by atoms with Crippen LogP contribution in [0, 0.1) is 0 Å². The first kappa shape index (κ1) is 17.8. The fourth-order valence-corrected chi connectivity index (χ4v) is 4.21. The molecule has 4 rings (SSSR count). The average Bonchev–Trinajstić information content (AvgIpc) is 3.32. The minimum Gasteiger partial charge on any atom is -0.338 e. The van der Waals surface area contributed by atoms with E-state index in [1.807, 2.05) is 40.1 Å². The molecule has 2 aromatic rings. The summed E-state index contributed by atoms with van der Waals surface area (Å²) in [6, 6.07) is 18.5. The van der Waals surface area contributed by atoms with E-state index in [2.05, 4.69) is 24.3 Å². The standard InChI is InChI=1S/C23H26N2O2/c26-22-9-5-14-24(22)17-19-10-12-20(13-11-19)23(27)25-15-4-8-21(25)16-18-6-2-1-3-7-18/h1-3,6-7,10-13,21H,4-5,8-9,14-17H2. The van der Waals surface area contributed by atoms with Gasteiger partial charge < -0.3 is 9.80 Å². The Morgan fingerprint density at radius 2 is 1.70 bits per heavy atom. The Morgan fingerprint density at radius 1 is 0.926 bits per heavy atom. The Kier molecular flexibility index (Phi) is 5.23. The molecule has 0 spiro atoms. The van der Waals surface area contributed by atoms with Crippen molar-refractivity contribution >= 4 is 11.8 Å². The summed E-state index contributed by atoms with van der Waals surface area (Å²) in [7, 11) is 0. The van der Waals surface area contributed by atoms with Gasteiger partial charge in [-0.05, 0) is 48.9 Å². The summed E-state index contributed by atoms with van der Waals surface area (Å²) < 4.78 is 0. The van der Waals surface area contributed by atoms with Gasteiger partial charge in [0, 0.05) is 37.7 Å². The highest BCUT2D eigenvalue weighted by atomic mass is 16.2. The molecule has 2 amide bonds. The van der Waals surface area contributed by atoms with Crippen molar-refractivity contribution in [2.24, 2.45) is 0 Å². The quantitative estimate of drug-likeness (QED) is 0.814. The van der Waals surface area contributed by atoms with Gasteiger partial charge in [0.05, 0.1) is 0 Å². The molecule has 2 heterocycles. The Labute approximate surface area is 160 Å². The molecule has 2 aliphatic rings. The van der Waals surface area contributed by atoms with E-state index in [1.165, 1.54) is 5.56 Å². The van der Waals surface area contributed by atoms with Crippen molar-refractivity contribution in [2.45, 2.75) is 44.7 Å². The van der Waals surface area contributed by atoms with Crippen molar-refractivity contribution < 1.29 is 9.59 Å². The molecule has 2 aliphatic heterocycles. The number of nitrogens with zero attached hydrogens (tertiary/aromatic N) is 2. The van der Waals surface area contributed by atoms with Crippen LogP contribution in [0.25, 0.3) is 0 Å². The van der Waals surface area contributed by atoms with Gasteiger partial charge in [0.25, 0.3) is 5.91 Å². The molecular weight excluding hydrogens is 336 g/mol. The molecule has 2 saturated heterocycles. The topological polar surface area (TPSA) is 40.6 Å². The van der Waals surface area contributed by atoms with E-state index in [4.69, 9.17) is 0 Å². The van der Waals surface area contributed by atoms with E-state index >= 15 is 0 Å². The molecule has 140 valence electrons. The SMILES string of the molecule is O=C1CCCN1Cc1ccc(C(=O)N2CCCC2Cc2ccccc2)cc1. The van der Waals surface area contributed by atoms with Crippen LogP contribution in [0.1, 0.15) is 47.2 Å². The van der Waals surface area contributed by atoms with E-state index in [1.54, 1.807) is 0 Å². The van der Waals surface area contributed by atoms with Crippen LogP contribution in [0.3, 0.4) is 0 Å². The summed E-state index contributed by atoms with van der Waals surface area (Å²) in [6.45, 7) is 2.32. The second-order valence-corrected chi connectivity index (χ2v) is 7.60. The number of carbonyl (C=O) groups is 2. The highest BCUT2D eigenvalue weighted by Gasteiger charge is 2.29. The molecule has 1 unspecified atom stereocenters. The molecule has 27 heavy (non-hydrogen) atoms. The lowest BCUT2D eigenvalue weighted by atomic mass is 10.0. The van der Waals surface area contributed by atoms with Crippen LogP contribution in [-0.2, 0) is 17.8 Å². The lowest BCUT2D eigenvalue weighted by Gasteiger charge is -2.25. The Balaban J connectivity index is 1.41. The zero-order chi connectivity index (χ0) is 18.6. The lowest BCUT2D eigenvalue weighted by molar-refractivity contribution is -0.128. The third-order valence-corrected chi connectivity index (χ3v) is 5.70.